The number of hydrogen-bond acceptors (Lipinski definition) is 1. The van der Waals surface area contributed by atoms with Crippen LogP contribution in [0.1, 0.15) is 23.6 Å². The van der Waals surface area contributed by atoms with E-state index < -0.39 is 0 Å². The van der Waals surface area contributed by atoms with Gasteiger partial charge in [0.05, 0.1) is 0 Å². The van der Waals surface area contributed by atoms with E-state index in [0.717, 1.165) is 13.1 Å². The average Bonchev–Trinajstić information content (AvgIpc) is 2.56. The van der Waals surface area contributed by atoms with Gasteiger partial charge < -0.3 is 28.9 Å². The Balaban J connectivity index is 0.00000208. The molecular weight excluding hydrogens is 407 g/mol. The van der Waals surface area contributed by atoms with Crippen LogP contribution >= 0.6 is 0 Å². The van der Waals surface area contributed by atoms with Crippen LogP contribution in [-0.4, -0.2) is 6.54 Å². The number of allylic oxidation sites excluding steroid dienone is 2. The van der Waals surface area contributed by atoms with Gasteiger partial charge in [-0.15, -0.1) is 0 Å². The van der Waals surface area contributed by atoms with E-state index in [1.165, 1.54) is 28.1 Å². The molecule has 0 spiro atoms. The standard InChI is InChI=1S/C21H23N2.HI/c1-4-12-22-13-10-18(11-14-22)16-20-9-8-19-7-6-17(3)15-21(19)23(20)5-2;/h4,6-11,13-16H,1,5,12H2,2-3H3;1H/q+1;/p-1. The lowest BCUT2D eigenvalue weighted by Gasteiger charge is -2.29. The fourth-order valence-electron chi connectivity index (χ4n) is 2.92. The molecule has 0 saturated heterocycles. The van der Waals surface area contributed by atoms with Gasteiger partial charge in [0, 0.05) is 30.1 Å². The zero-order valence-corrected chi connectivity index (χ0v) is 16.4. The van der Waals surface area contributed by atoms with Crippen molar-refractivity contribution in [3.8, 4) is 0 Å². The third-order valence-corrected chi connectivity index (χ3v) is 4.11. The summed E-state index contributed by atoms with van der Waals surface area (Å²) in [5.74, 6) is 0. The molecule has 0 aliphatic carbocycles. The first-order valence-electron chi connectivity index (χ1n) is 8.09. The van der Waals surface area contributed by atoms with Crippen LogP contribution in [0, 0.1) is 6.92 Å². The molecule has 24 heavy (non-hydrogen) atoms. The molecule has 2 aromatic rings. The zero-order valence-electron chi connectivity index (χ0n) is 14.2. The Morgan fingerprint density at radius 3 is 2.54 bits per heavy atom. The molecule has 3 rings (SSSR count). The number of aromatic nitrogens is 1. The minimum Gasteiger partial charge on any atom is -1.00 e. The van der Waals surface area contributed by atoms with Gasteiger partial charge in [-0.3, -0.25) is 0 Å². The normalized spacial score (nSPS) is 14.2. The van der Waals surface area contributed by atoms with Crippen molar-refractivity contribution in [2.75, 3.05) is 11.4 Å². The molecule has 124 valence electrons. The molecule has 1 aromatic heterocycles. The number of fused-ring (bicyclic) bond motifs is 1. The van der Waals surface area contributed by atoms with E-state index in [4.69, 9.17) is 0 Å². The topological polar surface area (TPSA) is 7.12 Å². The SMILES string of the molecule is C=CC[n+]1ccc(C=C2C=Cc3ccc(C)cc3N2CC)cc1.[I-]. The van der Waals surface area contributed by atoms with Gasteiger partial charge in [-0.2, -0.15) is 0 Å². The van der Waals surface area contributed by atoms with Crippen molar-refractivity contribution in [1.82, 2.24) is 0 Å². The zero-order chi connectivity index (χ0) is 16.2. The van der Waals surface area contributed by atoms with E-state index in [1.54, 1.807) is 0 Å². The molecule has 1 aromatic carbocycles. The van der Waals surface area contributed by atoms with Crippen molar-refractivity contribution < 1.29 is 28.5 Å². The predicted octanol–water partition coefficient (Wildman–Crippen LogP) is 1.37. The number of halogens is 1. The molecule has 0 fully saturated rings. The maximum absolute atomic E-state index is 3.77. The smallest absolute Gasteiger partial charge is 0.169 e. The van der Waals surface area contributed by atoms with Crippen molar-refractivity contribution in [2.45, 2.75) is 20.4 Å². The van der Waals surface area contributed by atoms with Crippen LogP contribution in [0.3, 0.4) is 0 Å². The molecule has 0 saturated carbocycles. The summed E-state index contributed by atoms with van der Waals surface area (Å²) in [6.45, 7) is 9.91. The molecule has 2 heterocycles. The van der Waals surface area contributed by atoms with Crippen LogP contribution in [0.5, 0.6) is 0 Å². The van der Waals surface area contributed by atoms with Crippen LogP contribution in [-0.2, 0) is 6.54 Å². The summed E-state index contributed by atoms with van der Waals surface area (Å²) in [4.78, 5) is 2.37. The second-order valence-corrected chi connectivity index (χ2v) is 5.83. The molecule has 1 aliphatic heterocycles. The second-order valence-electron chi connectivity index (χ2n) is 5.83. The molecule has 0 bridgehead atoms. The number of likely N-dealkylation sites (N-methyl/N-ethyl adjacent to an activating group) is 1. The van der Waals surface area contributed by atoms with Gasteiger partial charge in [-0.25, -0.2) is 4.57 Å². The monoisotopic (exact) mass is 430 g/mol. The van der Waals surface area contributed by atoms with Gasteiger partial charge in [0.25, 0.3) is 0 Å². The molecule has 0 N–H and O–H groups in total. The lowest BCUT2D eigenvalue weighted by atomic mass is 10.0. The molecule has 1 aliphatic rings. The summed E-state index contributed by atoms with van der Waals surface area (Å²) >= 11 is 0. The first-order valence-corrected chi connectivity index (χ1v) is 8.09. The van der Waals surface area contributed by atoms with Gasteiger partial charge in [-0.05, 0) is 54.8 Å². The van der Waals surface area contributed by atoms with Crippen LogP contribution in [0.4, 0.5) is 5.69 Å². The number of hydrogen-bond donors (Lipinski definition) is 0. The highest BCUT2D eigenvalue weighted by molar-refractivity contribution is 5.80. The van der Waals surface area contributed by atoms with Gasteiger partial charge >= 0.3 is 0 Å². The minimum atomic E-state index is 0. The number of rotatable bonds is 4. The fraction of sp³-hybridized carbons (Fsp3) is 0.190. The Morgan fingerprint density at radius 2 is 1.88 bits per heavy atom. The Hall–Kier alpha value is -1.88. The molecular formula is C21H23IN2. The van der Waals surface area contributed by atoms with Crippen molar-refractivity contribution in [3.05, 3.63) is 83.8 Å². The van der Waals surface area contributed by atoms with E-state index in [9.17, 15) is 0 Å². The number of pyridine rings is 1. The fourth-order valence-corrected chi connectivity index (χ4v) is 2.92. The van der Waals surface area contributed by atoms with E-state index in [2.05, 4.69) is 90.8 Å². The minimum absolute atomic E-state index is 0. The molecule has 0 unspecified atom stereocenters. The highest BCUT2D eigenvalue weighted by atomic mass is 127. The van der Waals surface area contributed by atoms with Gasteiger partial charge in [0.15, 0.2) is 18.9 Å². The number of nitrogens with zero attached hydrogens (tertiary/aromatic N) is 2. The summed E-state index contributed by atoms with van der Waals surface area (Å²) in [6.07, 6.45) is 12.7. The lowest BCUT2D eigenvalue weighted by Crippen LogP contribution is -3.00. The van der Waals surface area contributed by atoms with Gasteiger partial charge in [0.2, 0.25) is 0 Å². The molecule has 2 nitrogen and oxygen atoms in total. The van der Waals surface area contributed by atoms with E-state index >= 15 is 0 Å². The highest BCUT2D eigenvalue weighted by Gasteiger charge is 2.16. The maximum atomic E-state index is 3.77. The van der Waals surface area contributed by atoms with Crippen molar-refractivity contribution >= 4 is 17.8 Å². The van der Waals surface area contributed by atoms with Gasteiger partial charge in [-0.1, -0.05) is 24.8 Å². The van der Waals surface area contributed by atoms with E-state index in [1.807, 2.05) is 6.08 Å². The summed E-state index contributed by atoms with van der Waals surface area (Å²) in [7, 11) is 0. The third-order valence-electron chi connectivity index (χ3n) is 4.11. The Kier molecular flexibility index (Phi) is 6.37. The van der Waals surface area contributed by atoms with Crippen LogP contribution < -0.4 is 33.4 Å². The summed E-state index contributed by atoms with van der Waals surface area (Å²) < 4.78 is 2.11. The number of benzene rings is 1. The highest BCUT2D eigenvalue weighted by Crippen LogP contribution is 2.32. The summed E-state index contributed by atoms with van der Waals surface area (Å²) in [6, 6.07) is 10.9. The van der Waals surface area contributed by atoms with E-state index in [0.29, 0.717) is 0 Å². The first kappa shape index (κ1) is 18.5. The average molecular weight is 430 g/mol. The Labute approximate surface area is 161 Å². The third kappa shape index (κ3) is 3.96. The number of anilines is 1. The molecule has 0 amide bonds. The molecule has 0 radical (unpaired) electrons. The van der Waals surface area contributed by atoms with Crippen LogP contribution in [0.25, 0.3) is 12.2 Å². The lowest BCUT2D eigenvalue weighted by molar-refractivity contribution is -0.687. The van der Waals surface area contributed by atoms with Gasteiger partial charge in [0.1, 0.15) is 0 Å². The second kappa shape index (κ2) is 8.29. The summed E-state index contributed by atoms with van der Waals surface area (Å²) in [5.41, 5.74) is 6.30. The van der Waals surface area contributed by atoms with Crippen molar-refractivity contribution in [2.24, 2.45) is 0 Å². The molecule has 0 atom stereocenters. The van der Waals surface area contributed by atoms with Crippen LogP contribution in [0.2, 0.25) is 0 Å². The van der Waals surface area contributed by atoms with E-state index in [-0.39, 0.29) is 24.0 Å². The first-order chi connectivity index (χ1) is 11.2. The number of aryl methyl sites for hydroxylation is 1. The Bertz CT molecular complexity index is 773. The van der Waals surface area contributed by atoms with Crippen LogP contribution in [0.15, 0.2) is 67.2 Å². The van der Waals surface area contributed by atoms with Crippen molar-refractivity contribution in [3.63, 3.8) is 0 Å². The summed E-state index contributed by atoms with van der Waals surface area (Å²) in [5, 5.41) is 0. The maximum Gasteiger partial charge on any atom is 0.169 e. The molecule has 3 heteroatoms. The Morgan fingerprint density at radius 1 is 1.12 bits per heavy atom. The largest absolute Gasteiger partial charge is 1.00 e. The predicted molar refractivity (Wildman–Crippen MR) is 98.0 cm³/mol. The van der Waals surface area contributed by atoms with Crippen molar-refractivity contribution in [1.29, 1.82) is 0 Å². The quantitative estimate of drug-likeness (QED) is 0.404.